The van der Waals surface area contributed by atoms with E-state index in [4.69, 9.17) is 14.2 Å². The van der Waals surface area contributed by atoms with Crippen molar-refractivity contribution in [1.82, 2.24) is 15.5 Å². The van der Waals surface area contributed by atoms with Gasteiger partial charge in [-0.3, -0.25) is 9.59 Å². The zero-order valence-corrected chi connectivity index (χ0v) is 16.5. The molecular formula is C20H29N3O5. The summed E-state index contributed by atoms with van der Waals surface area (Å²) in [6.45, 7) is 3.42. The summed E-state index contributed by atoms with van der Waals surface area (Å²) in [5.41, 5.74) is 0.724. The summed E-state index contributed by atoms with van der Waals surface area (Å²) in [7, 11) is 3.10. The maximum Gasteiger partial charge on any atom is 0.251 e. The number of carbonyl (C=O) groups is 2. The van der Waals surface area contributed by atoms with Gasteiger partial charge in [0.2, 0.25) is 5.91 Å². The van der Waals surface area contributed by atoms with Gasteiger partial charge in [0, 0.05) is 13.1 Å². The third kappa shape index (κ3) is 4.94. The van der Waals surface area contributed by atoms with Gasteiger partial charge < -0.3 is 29.7 Å². The Labute approximate surface area is 165 Å². The number of nitrogens with zero attached hydrogens (tertiary/aromatic N) is 1. The fourth-order valence-electron chi connectivity index (χ4n) is 3.70. The molecule has 0 spiro atoms. The minimum Gasteiger partial charge on any atom is -0.493 e. The van der Waals surface area contributed by atoms with Crippen LogP contribution in [0.3, 0.4) is 0 Å². The first kappa shape index (κ1) is 20.4. The SMILES string of the molecule is COc1ccc([C@H]2NC(=O)CO[C@@H]2C(=O)NCCN2CCCCC2)cc1OC. The van der Waals surface area contributed by atoms with Crippen LogP contribution in [-0.2, 0) is 14.3 Å². The Morgan fingerprint density at radius 1 is 1.21 bits per heavy atom. The van der Waals surface area contributed by atoms with Crippen LogP contribution < -0.4 is 20.1 Å². The zero-order chi connectivity index (χ0) is 19.9. The van der Waals surface area contributed by atoms with Crippen molar-refractivity contribution < 1.29 is 23.8 Å². The minimum atomic E-state index is -0.794. The second-order valence-corrected chi connectivity index (χ2v) is 7.08. The molecule has 2 amide bonds. The van der Waals surface area contributed by atoms with Crippen molar-refractivity contribution in [3.05, 3.63) is 23.8 Å². The summed E-state index contributed by atoms with van der Waals surface area (Å²) in [4.78, 5) is 27.0. The van der Waals surface area contributed by atoms with Gasteiger partial charge in [-0.25, -0.2) is 0 Å². The second-order valence-electron chi connectivity index (χ2n) is 7.08. The highest BCUT2D eigenvalue weighted by atomic mass is 16.5. The number of hydrogen-bond acceptors (Lipinski definition) is 6. The van der Waals surface area contributed by atoms with Gasteiger partial charge in [-0.1, -0.05) is 12.5 Å². The number of piperidine rings is 1. The van der Waals surface area contributed by atoms with Crippen LogP contribution in [0.25, 0.3) is 0 Å². The van der Waals surface area contributed by atoms with Gasteiger partial charge in [-0.2, -0.15) is 0 Å². The van der Waals surface area contributed by atoms with Crippen LogP contribution >= 0.6 is 0 Å². The number of methoxy groups -OCH3 is 2. The molecule has 0 aromatic heterocycles. The molecule has 0 radical (unpaired) electrons. The molecule has 2 atom stereocenters. The van der Waals surface area contributed by atoms with E-state index in [1.165, 1.54) is 19.3 Å². The van der Waals surface area contributed by atoms with Crippen molar-refractivity contribution in [3.63, 3.8) is 0 Å². The molecule has 8 heteroatoms. The lowest BCUT2D eigenvalue weighted by molar-refractivity contribution is -0.148. The molecule has 1 aromatic carbocycles. The lowest BCUT2D eigenvalue weighted by Gasteiger charge is -2.32. The molecule has 2 N–H and O–H groups in total. The summed E-state index contributed by atoms with van der Waals surface area (Å²) in [6.07, 6.45) is 2.92. The molecule has 3 rings (SSSR count). The van der Waals surface area contributed by atoms with Crippen LogP contribution in [-0.4, -0.2) is 69.8 Å². The fraction of sp³-hybridized carbons (Fsp3) is 0.600. The second kappa shape index (κ2) is 9.75. The molecule has 2 aliphatic rings. The van der Waals surface area contributed by atoms with Crippen molar-refractivity contribution in [2.45, 2.75) is 31.4 Å². The van der Waals surface area contributed by atoms with Crippen LogP contribution in [0.15, 0.2) is 18.2 Å². The number of nitrogens with one attached hydrogen (secondary N) is 2. The number of ether oxygens (including phenoxy) is 3. The van der Waals surface area contributed by atoms with E-state index in [-0.39, 0.29) is 18.4 Å². The number of carbonyl (C=O) groups excluding carboxylic acids is 2. The Morgan fingerprint density at radius 3 is 2.68 bits per heavy atom. The number of morpholine rings is 1. The van der Waals surface area contributed by atoms with Crippen molar-refractivity contribution in [3.8, 4) is 11.5 Å². The van der Waals surface area contributed by atoms with E-state index >= 15 is 0 Å². The van der Waals surface area contributed by atoms with Gasteiger partial charge in [0.1, 0.15) is 6.61 Å². The van der Waals surface area contributed by atoms with Gasteiger partial charge in [-0.15, -0.1) is 0 Å². The molecule has 1 aromatic rings. The van der Waals surface area contributed by atoms with Crippen molar-refractivity contribution in [1.29, 1.82) is 0 Å². The maximum atomic E-state index is 12.7. The number of rotatable bonds is 7. The number of benzene rings is 1. The smallest absolute Gasteiger partial charge is 0.251 e. The highest BCUT2D eigenvalue weighted by Crippen LogP contribution is 2.32. The summed E-state index contributed by atoms with van der Waals surface area (Å²) in [5.74, 6) is 0.634. The topological polar surface area (TPSA) is 89.1 Å². The first-order valence-corrected chi connectivity index (χ1v) is 9.75. The Kier molecular flexibility index (Phi) is 7.11. The van der Waals surface area contributed by atoms with E-state index in [0.29, 0.717) is 18.0 Å². The number of likely N-dealkylation sites (tertiary alicyclic amines) is 1. The molecule has 2 fully saturated rings. The summed E-state index contributed by atoms with van der Waals surface area (Å²) >= 11 is 0. The van der Waals surface area contributed by atoms with E-state index in [2.05, 4.69) is 15.5 Å². The van der Waals surface area contributed by atoms with E-state index in [0.717, 1.165) is 25.2 Å². The number of amides is 2. The third-order valence-electron chi connectivity index (χ3n) is 5.21. The maximum absolute atomic E-state index is 12.7. The van der Waals surface area contributed by atoms with Crippen LogP contribution in [0.4, 0.5) is 0 Å². The van der Waals surface area contributed by atoms with Crippen molar-refractivity contribution in [2.24, 2.45) is 0 Å². The molecule has 154 valence electrons. The van der Waals surface area contributed by atoms with Gasteiger partial charge in [0.25, 0.3) is 5.91 Å². The molecule has 8 nitrogen and oxygen atoms in total. The fourth-order valence-corrected chi connectivity index (χ4v) is 3.70. The molecule has 0 aliphatic carbocycles. The zero-order valence-electron chi connectivity index (χ0n) is 16.5. The highest BCUT2D eigenvalue weighted by molar-refractivity contribution is 5.86. The Bertz CT molecular complexity index is 690. The van der Waals surface area contributed by atoms with E-state index in [1.807, 2.05) is 0 Å². The average molecular weight is 391 g/mol. The van der Waals surface area contributed by atoms with Crippen LogP contribution in [0.1, 0.15) is 30.9 Å². The van der Waals surface area contributed by atoms with Crippen LogP contribution in [0.2, 0.25) is 0 Å². The predicted octanol–water partition coefficient (Wildman–Crippen LogP) is 0.862. The summed E-state index contributed by atoms with van der Waals surface area (Å²) in [5, 5.41) is 5.81. The average Bonchev–Trinajstić information content (AvgIpc) is 2.73. The van der Waals surface area contributed by atoms with E-state index in [9.17, 15) is 9.59 Å². The first-order valence-electron chi connectivity index (χ1n) is 9.75. The predicted molar refractivity (Wildman–Crippen MR) is 103 cm³/mol. The first-order chi connectivity index (χ1) is 13.6. The standard InChI is InChI=1S/C20H29N3O5/c1-26-15-7-6-14(12-16(15)27-2)18-19(28-13-17(24)22-18)20(25)21-8-11-23-9-4-3-5-10-23/h6-7,12,18-19H,3-5,8-11,13H2,1-2H3,(H,21,25)(H,22,24)/t18-,19+/m1/s1. The Balaban J connectivity index is 1.66. The molecule has 0 bridgehead atoms. The molecule has 0 unspecified atom stereocenters. The molecule has 2 heterocycles. The molecule has 2 saturated heterocycles. The van der Waals surface area contributed by atoms with Gasteiger partial charge in [-0.05, 0) is 43.6 Å². The molecule has 2 aliphatic heterocycles. The van der Waals surface area contributed by atoms with E-state index < -0.39 is 12.1 Å². The van der Waals surface area contributed by atoms with Crippen molar-refractivity contribution in [2.75, 3.05) is 47.0 Å². The Morgan fingerprint density at radius 2 is 1.96 bits per heavy atom. The quantitative estimate of drug-likeness (QED) is 0.717. The lowest BCUT2D eigenvalue weighted by atomic mass is 9.98. The highest BCUT2D eigenvalue weighted by Gasteiger charge is 2.36. The van der Waals surface area contributed by atoms with Crippen molar-refractivity contribution >= 4 is 11.8 Å². The van der Waals surface area contributed by atoms with Crippen LogP contribution in [0.5, 0.6) is 11.5 Å². The monoisotopic (exact) mass is 391 g/mol. The van der Waals surface area contributed by atoms with Gasteiger partial charge in [0.15, 0.2) is 17.6 Å². The van der Waals surface area contributed by atoms with E-state index in [1.54, 1.807) is 32.4 Å². The van der Waals surface area contributed by atoms with Crippen LogP contribution in [0, 0.1) is 0 Å². The van der Waals surface area contributed by atoms with Gasteiger partial charge >= 0.3 is 0 Å². The third-order valence-corrected chi connectivity index (χ3v) is 5.21. The number of hydrogen-bond donors (Lipinski definition) is 2. The summed E-state index contributed by atoms with van der Waals surface area (Å²) in [6, 6.07) is 4.72. The Hall–Kier alpha value is -2.32. The molecule has 28 heavy (non-hydrogen) atoms. The summed E-state index contributed by atoms with van der Waals surface area (Å²) < 4.78 is 16.2. The molecule has 0 saturated carbocycles. The largest absolute Gasteiger partial charge is 0.493 e. The minimum absolute atomic E-state index is 0.131. The van der Waals surface area contributed by atoms with Gasteiger partial charge in [0.05, 0.1) is 20.3 Å². The lowest BCUT2D eigenvalue weighted by Crippen LogP contribution is -2.53. The normalized spacial score (nSPS) is 23.0. The molecular weight excluding hydrogens is 362 g/mol.